The first-order valence-corrected chi connectivity index (χ1v) is 6.33. The minimum Gasteiger partial charge on any atom is -0.423 e. The predicted molar refractivity (Wildman–Crippen MR) is 72.0 cm³/mol. The van der Waals surface area contributed by atoms with Gasteiger partial charge in [-0.2, -0.15) is 0 Å². The first-order valence-electron chi connectivity index (χ1n) is 6.33. The third-order valence-corrected chi connectivity index (χ3v) is 3.35. The van der Waals surface area contributed by atoms with Crippen molar-refractivity contribution in [3.05, 3.63) is 40.8 Å². The molecule has 94 valence electrons. The molecule has 0 bridgehead atoms. The molecule has 0 spiro atoms. The number of piperidine rings is 1. The average molecular weight is 244 g/mol. The van der Waals surface area contributed by atoms with Crippen molar-refractivity contribution in [2.75, 3.05) is 18.4 Å². The molecule has 0 saturated carbocycles. The lowest BCUT2D eigenvalue weighted by atomic mass is 10.1. The van der Waals surface area contributed by atoms with E-state index in [2.05, 4.69) is 10.6 Å². The summed E-state index contributed by atoms with van der Waals surface area (Å²) in [4.78, 5) is 11.5. The van der Waals surface area contributed by atoms with Gasteiger partial charge in [-0.3, -0.25) is 0 Å². The second-order valence-corrected chi connectivity index (χ2v) is 4.64. The summed E-state index contributed by atoms with van der Waals surface area (Å²) >= 11 is 0. The Hall–Kier alpha value is -1.81. The van der Waals surface area contributed by atoms with Gasteiger partial charge in [-0.15, -0.1) is 0 Å². The largest absolute Gasteiger partial charge is 0.423 e. The summed E-state index contributed by atoms with van der Waals surface area (Å²) in [5.74, 6) is 0. The lowest BCUT2D eigenvalue weighted by molar-refractivity contribution is 0.479. The Kier molecular flexibility index (Phi) is 3.02. The third kappa shape index (κ3) is 2.24. The zero-order chi connectivity index (χ0) is 12.4. The van der Waals surface area contributed by atoms with Crippen molar-refractivity contribution >= 4 is 16.7 Å². The van der Waals surface area contributed by atoms with Gasteiger partial charge >= 0.3 is 5.63 Å². The van der Waals surface area contributed by atoms with Crippen molar-refractivity contribution < 1.29 is 4.42 Å². The number of hydrogen-bond donors (Lipinski definition) is 2. The smallest absolute Gasteiger partial charge is 0.338 e. The zero-order valence-corrected chi connectivity index (χ0v) is 10.1. The number of fused-ring (bicyclic) bond motifs is 1. The van der Waals surface area contributed by atoms with Crippen LogP contribution in [0.2, 0.25) is 0 Å². The minimum absolute atomic E-state index is 0.301. The maximum Gasteiger partial charge on any atom is 0.338 e. The average Bonchev–Trinajstić information content (AvgIpc) is 2.40. The van der Waals surface area contributed by atoms with Crippen molar-refractivity contribution in [1.82, 2.24) is 5.32 Å². The monoisotopic (exact) mass is 244 g/mol. The molecule has 1 fully saturated rings. The highest BCUT2D eigenvalue weighted by Gasteiger charge is 2.14. The van der Waals surface area contributed by atoms with E-state index in [1.807, 2.05) is 24.3 Å². The maximum absolute atomic E-state index is 11.5. The molecule has 1 aliphatic heterocycles. The molecule has 0 aliphatic carbocycles. The van der Waals surface area contributed by atoms with E-state index in [4.69, 9.17) is 4.42 Å². The van der Waals surface area contributed by atoms with E-state index in [9.17, 15) is 4.79 Å². The lowest BCUT2D eigenvalue weighted by Crippen LogP contribution is -2.35. The summed E-state index contributed by atoms with van der Waals surface area (Å²) in [5, 5.41) is 7.76. The Balaban J connectivity index is 1.97. The van der Waals surface area contributed by atoms with Crippen LogP contribution < -0.4 is 16.3 Å². The van der Waals surface area contributed by atoms with Crippen LogP contribution in [-0.4, -0.2) is 19.1 Å². The zero-order valence-electron chi connectivity index (χ0n) is 10.1. The molecule has 3 rings (SSSR count). The number of nitrogens with one attached hydrogen (secondary N) is 2. The van der Waals surface area contributed by atoms with Crippen LogP contribution in [0.5, 0.6) is 0 Å². The summed E-state index contributed by atoms with van der Waals surface area (Å²) in [6.07, 6.45) is 2.16. The fraction of sp³-hybridized carbons (Fsp3) is 0.357. The molecule has 2 aromatic rings. The van der Waals surface area contributed by atoms with Gasteiger partial charge in [0.2, 0.25) is 0 Å². The van der Waals surface area contributed by atoms with E-state index in [1.165, 1.54) is 0 Å². The molecule has 0 radical (unpaired) electrons. The highest BCUT2D eigenvalue weighted by atomic mass is 16.4. The summed E-state index contributed by atoms with van der Waals surface area (Å²) in [6.45, 7) is 2.05. The van der Waals surface area contributed by atoms with Gasteiger partial charge in [0, 0.05) is 17.5 Å². The molecule has 1 aromatic carbocycles. The van der Waals surface area contributed by atoms with E-state index < -0.39 is 0 Å². The summed E-state index contributed by atoms with van der Waals surface area (Å²) in [6, 6.07) is 9.60. The van der Waals surface area contributed by atoms with Gasteiger partial charge < -0.3 is 15.1 Å². The molecule has 1 aliphatic rings. The summed E-state index contributed by atoms with van der Waals surface area (Å²) in [5.41, 5.74) is 1.22. The highest BCUT2D eigenvalue weighted by molar-refractivity contribution is 5.89. The van der Waals surface area contributed by atoms with E-state index in [0.29, 0.717) is 11.6 Å². The van der Waals surface area contributed by atoms with Crippen LogP contribution in [0.4, 0.5) is 5.69 Å². The molecule has 0 atom stereocenters. The van der Waals surface area contributed by atoms with Crippen molar-refractivity contribution in [3.63, 3.8) is 0 Å². The molecule has 2 heterocycles. The van der Waals surface area contributed by atoms with E-state index in [1.54, 1.807) is 6.07 Å². The Morgan fingerprint density at radius 3 is 2.83 bits per heavy atom. The van der Waals surface area contributed by atoms with Crippen LogP contribution in [0.3, 0.4) is 0 Å². The Morgan fingerprint density at radius 2 is 2.00 bits per heavy atom. The second kappa shape index (κ2) is 4.82. The van der Waals surface area contributed by atoms with E-state index >= 15 is 0 Å². The third-order valence-electron chi connectivity index (χ3n) is 3.35. The van der Waals surface area contributed by atoms with Gasteiger partial charge in [0.15, 0.2) is 0 Å². The molecule has 4 nitrogen and oxygen atoms in total. The Morgan fingerprint density at radius 1 is 1.22 bits per heavy atom. The second-order valence-electron chi connectivity index (χ2n) is 4.64. The van der Waals surface area contributed by atoms with Crippen LogP contribution >= 0.6 is 0 Å². The standard InChI is InChI=1S/C14H16N2O2/c17-14-9-12(16-10-5-7-15-8-6-10)11-3-1-2-4-13(11)18-14/h1-4,9-10,15-16H,5-8H2. The van der Waals surface area contributed by atoms with Gasteiger partial charge in [-0.05, 0) is 38.1 Å². The summed E-state index contributed by atoms with van der Waals surface area (Å²) in [7, 11) is 0. The molecule has 18 heavy (non-hydrogen) atoms. The number of anilines is 1. The van der Waals surface area contributed by atoms with Crippen LogP contribution in [-0.2, 0) is 0 Å². The first kappa shape index (κ1) is 11.3. The predicted octanol–water partition coefficient (Wildman–Crippen LogP) is 1.96. The quantitative estimate of drug-likeness (QED) is 0.793. The van der Waals surface area contributed by atoms with Crippen molar-refractivity contribution in [2.45, 2.75) is 18.9 Å². The molecule has 1 saturated heterocycles. The first-order chi connectivity index (χ1) is 8.83. The molecule has 2 N–H and O–H groups in total. The van der Waals surface area contributed by atoms with Gasteiger partial charge in [-0.25, -0.2) is 4.79 Å². The number of benzene rings is 1. The minimum atomic E-state index is -0.301. The number of hydrogen-bond acceptors (Lipinski definition) is 4. The lowest BCUT2D eigenvalue weighted by Gasteiger charge is -2.25. The Bertz CT molecular complexity index is 600. The van der Waals surface area contributed by atoms with Gasteiger partial charge in [-0.1, -0.05) is 12.1 Å². The van der Waals surface area contributed by atoms with Crippen molar-refractivity contribution in [3.8, 4) is 0 Å². The normalized spacial score (nSPS) is 16.9. The van der Waals surface area contributed by atoms with Gasteiger partial charge in [0.25, 0.3) is 0 Å². The van der Waals surface area contributed by atoms with Gasteiger partial charge in [0.1, 0.15) is 5.58 Å². The van der Waals surface area contributed by atoms with E-state index in [0.717, 1.165) is 37.0 Å². The van der Waals surface area contributed by atoms with Gasteiger partial charge in [0.05, 0.1) is 5.69 Å². The Labute approximate surface area is 105 Å². The number of rotatable bonds is 2. The van der Waals surface area contributed by atoms with Crippen LogP contribution in [0.15, 0.2) is 39.5 Å². The van der Waals surface area contributed by atoms with Crippen molar-refractivity contribution in [1.29, 1.82) is 0 Å². The number of para-hydroxylation sites is 1. The molecule has 4 heteroatoms. The van der Waals surface area contributed by atoms with Crippen LogP contribution in [0.1, 0.15) is 12.8 Å². The fourth-order valence-corrected chi connectivity index (χ4v) is 2.42. The summed E-state index contributed by atoms with van der Waals surface area (Å²) < 4.78 is 5.18. The molecular formula is C14H16N2O2. The maximum atomic E-state index is 11.5. The highest BCUT2D eigenvalue weighted by Crippen LogP contribution is 2.23. The van der Waals surface area contributed by atoms with Crippen molar-refractivity contribution in [2.24, 2.45) is 0 Å². The molecule has 0 unspecified atom stereocenters. The van der Waals surface area contributed by atoms with E-state index in [-0.39, 0.29) is 5.63 Å². The SMILES string of the molecule is O=c1cc(NC2CCNCC2)c2ccccc2o1. The molecule has 0 amide bonds. The topological polar surface area (TPSA) is 54.3 Å². The molecule has 1 aromatic heterocycles. The molecular weight excluding hydrogens is 228 g/mol. The van der Waals surface area contributed by atoms with Crippen LogP contribution in [0.25, 0.3) is 11.0 Å². The van der Waals surface area contributed by atoms with Crippen LogP contribution in [0, 0.1) is 0 Å². The fourth-order valence-electron chi connectivity index (χ4n) is 2.42.